The highest BCUT2D eigenvalue weighted by Gasteiger charge is 2.16. The predicted molar refractivity (Wildman–Crippen MR) is 72.1 cm³/mol. The van der Waals surface area contributed by atoms with Gasteiger partial charge in [-0.3, -0.25) is 4.79 Å². The van der Waals surface area contributed by atoms with Crippen molar-refractivity contribution in [3.05, 3.63) is 30.1 Å². The molecule has 0 bridgehead atoms. The standard InChI is InChI=1S/C14H19N3O/c1-4-9(2)14(18)15-10(3)13-16-11-7-5-6-8-12(11)17-13/h5-10H,4H2,1-3H3,(H,15,18)(H,16,17). The van der Waals surface area contributed by atoms with Crippen LogP contribution in [0.5, 0.6) is 0 Å². The lowest BCUT2D eigenvalue weighted by atomic mass is 10.1. The molecule has 1 amide bonds. The number of benzene rings is 1. The lowest BCUT2D eigenvalue weighted by molar-refractivity contribution is -0.125. The Balaban J connectivity index is 2.13. The smallest absolute Gasteiger partial charge is 0.223 e. The Bertz CT molecular complexity index is 514. The number of rotatable bonds is 4. The number of nitrogens with zero attached hydrogens (tertiary/aromatic N) is 1. The maximum absolute atomic E-state index is 11.8. The molecule has 2 rings (SSSR count). The second-order valence-corrected chi connectivity index (χ2v) is 4.68. The van der Waals surface area contributed by atoms with Crippen LogP contribution in [0.2, 0.25) is 0 Å². The van der Waals surface area contributed by atoms with Crippen LogP contribution in [0.3, 0.4) is 0 Å². The van der Waals surface area contributed by atoms with Gasteiger partial charge in [-0.25, -0.2) is 4.98 Å². The summed E-state index contributed by atoms with van der Waals surface area (Å²) < 4.78 is 0. The molecule has 0 aliphatic rings. The van der Waals surface area contributed by atoms with E-state index in [0.717, 1.165) is 23.3 Å². The van der Waals surface area contributed by atoms with Crippen molar-refractivity contribution in [2.24, 2.45) is 5.92 Å². The van der Waals surface area contributed by atoms with Gasteiger partial charge in [0.05, 0.1) is 17.1 Å². The molecule has 2 aromatic rings. The molecule has 1 heterocycles. The fourth-order valence-electron chi connectivity index (χ4n) is 1.79. The summed E-state index contributed by atoms with van der Waals surface area (Å²) in [6.45, 7) is 5.88. The van der Waals surface area contributed by atoms with Gasteiger partial charge in [0.15, 0.2) is 0 Å². The molecule has 2 N–H and O–H groups in total. The lowest BCUT2D eigenvalue weighted by Crippen LogP contribution is -2.31. The van der Waals surface area contributed by atoms with Crippen LogP contribution in [0.4, 0.5) is 0 Å². The summed E-state index contributed by atoms with van der Waals surface area (Å²) in [4.78, 5) is 19.5. The van der Waals surface area contributed by atoms with Crippen LogP contribution >= 0.6 is 0 Å². The Labute approximate surface area is 107 Å². The summed E-state index contributed by atoms with van der Waals surface area (Å²) in [5.41, 5.74) is 1.93. The highest BCUT2D eigenvalue weighted by atomic mass is 16.1. The zero-order valence-corrected chi connectivity index (χ0v) is 11.0. The average molecular weight is 245 g/mol. The van der Waals surface area contributed by atoms with E-state index >= 15 is 0 Å². The number of carbonyl (C=O) groups excluding carboxylic acids is 1. The first-order chi connectivity index (χ1) is 8.61. The molecule has 0 saturated carbocycles. The zero-order chi connectivity index (χ0) is 13.1. The molecule has 0 spiro atoms. The van der Waals surface area contributed by atoms with Gasteiger partial charge in [-0.15, -0.1) is 0 Å². The highest BCUT2D eigenvalue weighted by molar-refractivity contribution is 5.79. The quantitative estimate of drug-likeness (QED) is 0.870. The molecule has 4 nitrogen and oxygen atoms in total. The first-order valence-electron chi connectivity index (χ1n) is 6.36. The fraction of sp³-hybridized carbons (Fsp3) is 0.429. The minimum absolute atomic E-state index is 0.0387. The highest BCUT2D eigenvalue weighted by Crippen LogP contribution is 2.16. The number of para-hydroxylation sites is 2. The van der Waals surface area contributed by atoms with E-state index in [4.69, 9.17) is 0 Å². The van der Waals surface area contributed by atoms with Crippen LogP contribution in [-0.4, -0.2) is 15.9 Å². The van der Waals surface area contributed by atoms with Gasteiger partial charge in [-0.1, -0.05) is 26.0 Å². The third kappa shape index (κ3) is 2.53. The Morgan fingerprint density at radius 2 is 2.11 bits per heavy atom. The summed E-state index contributed by atoms with van der Waals surface area (Å²) in [5, 5.41) is 2.98. The number of carbonyl (C=O) groups is 1. The van der Waals surface area contributed by atoms with E-state index in [-0.39, 0.29) is 17.9 Å². The number of fused-ring (bicyclic) bond motifs is 1. The van der Waals surface area contributed by atoms with Crippen molar-refractivity contribution in [3.8, 4) is 0 Å². The van der Waals surface area contributed by atoms with Crippen molar-refractivity contribution in [2.45, 2.75) is 33.2 Å². The van der Waals surface area contributed by atoms with Crippen molar-refractivity contribution in [1.82, 2.24) is 15.3 Å². The number of nitrogens with one attached hydrogen (secondary N) is 2. The topological polar surface area (TPSA) is 57.8 Å². The first kappa shape index (κ1) is 12.6. The molecule has 18 heavy (non-hydrogen) atoms. The number of hydrogen-bond acceptors (Lipinski definition) is 2. The van der Waals surface area contributed by atoms with Crippen LogP contribution in [0.25, 0.3) is 11.0 Å². The summed E-state index contributed by atoms with van der Waals surface area (Å²) in [5.74, 6) is 0.912. The molecule has 1 aromatic heterocycles. The minimum Gasteiger partial charge on any atom is -0.346 e. The average Bonchev–Trinajstić information content (AvgIpc) is 2.81. The van der Waals surface area contributed by atoms with Gasteiger partial charge in [-0.05, 0) is 25.5 Å². The largest absolute Gasteiger partial charge is 0.346 e. The molecule has 0 fully saturated rings. The van der Waals surface area contributed by atoms with E-state index in [1.807, 2.05) is 45.0 Å². The summed E-state index contributed by atoms with van der Waals surface area (Å²) >= 11 is 0. The Hall–Kier alpha value is -1.84. The van der Waals surface area contributed by atoms with Gasteiger partial charge in [0.2, 0.25) is 5.91 Å². The molecular weight excluding hydrogens is 226 g/mol. The summed E-state index contributed by atoms with van der Waals surface area (Å²) in [7, 11) is 0. The van der Waals surface area contributed by atoms with Crippen LogP contribution in [0.15, 0.2) is 24.3 Å². The number of aromatic amines is 1. The van der Waals surface area contributed by atoms with Crippen LogP contribution < -0.4 is 5.32 Å². The Morgan fingerprint density at radius 3 is 2.78 bits per heavy atom. The van der Waals surface area contributed by atoms with Crippen LogP contribution in [0, 0.1) is 5.92 Å². The monoisotopic (exact) mass is 245 g/mol. The SMILES string of the molecule is CCC(C)C(=O)NC(C)c1nc2ccccc2[nH]1. The van der Waals surface area contributed by atoms with Crippen molar-refractivity contribution in [2.75, 3.05) is 0 Å². The second kappa shape index (κ2) is 5.21. The molecule has 4 heteroatoms. The van der Waals surface area contributed by atoms with Crippen LogP contribution in [0.1, 0.15) is 39.1 Å². The molecule has 96 valence electrons. The Morgan fingerprint density at radius 1 is 1.39 bits per heavy atom. The predicted octanol–water partition coefficient (Wildman–Crippen LogP) is 2.79. The molecule has 0 saturated heterocycles. The number of H-pyrrole nitrogens is 1. The Kier molecular flexibility index (Phi) is 3.65. The van der Waals surface area contributed by atoms with E-state index in [1.54, 1.807) is 0 Å². The van der Waals surface area contributed by atoms with E-state index in [1.165, 1.54) is 0 Å². The van der Waals surface area contributed by atoms with Crippen molar-refractivity contribution in [1.29, 1.82) is 0 Å². The third-order valence-electron chi connectivity index (χ3n) is 3.24. The van der Waals surface area contributed by atoms with Crippen molar-refractivity contribution in [3.63, 3.8) is 0 Å². The summed E-state index contributed by atoms with van der Waals surface area (Å²) in [6, 6.07) is 7.76. The fourth-order valence-corrected chi connectivity index (χ4v) is 1.79. The first-order valence-corrected chi connectivity index (χ1v) is 6.36. The normalized spacial score (nSPS) is 14.4. The second-order valence-electron chi connectivity index (χ2n) is 4.68. The molecule has 0 aliphatic carbocycles. The molecular formula is C14H19N3O. The van der Waals surface area contributed by atoms with Gasteiger partial charge in [0.25, 0.3) is 0 Å². The number of aromatic nitrogens is 2. The number of hydrogen-bond donors (Lipinski definition) is 2. The van der Waals surface area contributed by atoms with Crippen LogP contribution in [-0.2, 0) is 4.79 Å². The molecule has 2 unspecified atom stereocenters. The van der Waals surface area contributed by atoms with E-state index in [0.29, 0.717) is 0 Å². The minimum atomic E-state index is -0.0982. The van der Waals surface area contributed by atoms with Gasteiger partial charge in [0.1, 0.15) is 5.82 Å². The molecule has 0 aliphatic heterocycles. The van der Waals surface area contributed by atoms with E-state index < -0.39 is 0 Å². The van der Waals surface area contributed by atoms with Gasteiger partial charge in [0, 0.05) is 5.92 Å². The maximum atomic E-state index is 11.8. The van der Waals surface area contributed by atoms with E-state index in [9.17, 15) is 4.79 Å². The van der Waals surface area contributed by atoms with E-state index in [2.05, 4.69) is 15.3 Å². The van der Waals surface area contributed by atoms with Crippen molar-refractivity contribution < 1.29 is 4.79 Å². The van der Waals surface area contributed by atoms with Gasteiger partial charge >= 0.3 is 0 Å². The lowest BCUT2D eigenvalue weighted by Gasteiger charge is -2.14. The number of amides is 1. The van der Waals surface area contributed by atoms with Crippen molar-refractivity contribution >= 4 is 16.9 Å². The third-order valence-corrected chi connectivity index (χ3v) is 3.24. The maximum Gasteiger partial charge on any atom is 0.223 e. The van der Waals surface area contributed by atoms with Gasteiger partial charge < -0.3 is 10.3 Å². The van der Waals surface area contributed by atoms with Gasteiger partial charge in [-0.2, -0.15) is 0 Å². The number of imidazole rings is 1. The molecule has 0 radical (unpaired) electrons. The zero-order valence-electron chi connectivity index (χ0n) is 11.0. The molecule has 2 atom stereocenters. The molecule has 1 aromatic carbocycles. The summed E-state index contributed by atoms with van der Waals surface area (Å²) in [6.07, 6.45) is 0.846.